The first-order chi connectivity index (χ1) is 11.8. The average molecular weight is 362 g/mol. The highest BCUT2D eigenvalue weighted by Gasteiger charge is 2.26. The fraction of sp³-hybridized carbons (Fsp3) is 0.250. The predicted molar refractivity (Wildman–Crippen MR) is 90.0 cm³/mol. The summed E-state index contributed by atoms with van der Waals surface area (Å²) in [5, 5.41) is 9.05. The van der Waals surface area contributed by atoms with Crippen LogP contribution in [0.2, 0.25) is 0 Å². The maximum Gasteiger partial charge on any atom is 0.287 e. The van der Waals surface area contributed by atoms with Crippen molar-refractivity contribution in [3.05, 3.63) is 35.4 Å². The van der Waals surface area contributed by atoms with Crippen molar-refractivity contribution in [3.8, 4) is 22.9 Å². The smallest absolute Gasteiger partial charge is 0.287 e. The number of nitrogens with two attached hydrogens (primary N) is 1. The van der Waals surface area contributed by atoms with Gasteiger partial charge < -0.3 is 15.7 Å². The zero-order valence-electron chi connectivity index (χ0n) is 13.3. The first-order valence-electron chi connectivity index (χ1n) is 7.16. The number of aliphatic hydroxyl groups is 1. The number of carbonyl (C=O) groups is 2. The summed E-state index contributed by atoms with van der Waals surface area (Å²) in [4.78, 5) is 26.8. The Morgan fingerprint density at radius 1 is 1.56 bits per heavy atom. The van der Waals surface area contributed by atoms with Gasteiger partial charge in [-0.05, 0) is 36.2 Å². The molecule has 1 fully saturated rings. The van der Waals surface area contributed by atoms with Crippen molar-refractivity contribution < 1.29 is 19.1 Å². The topological polar surface area (TPSA) is 109 Å². The van der Waals surface area contributed by atoms with Crippen LogP contribution in [0.4, 0.5) is 4.39 Å². The molecule has 2 amide bonds. The van der Waals surface area contributed by atoms with E-state index in [1.54, 1.807) is 7.05 Å². The molecule has 2 heterocycles. The molecule has 9 heteroatoms. The minimum absolute atomic E-state index is 0.129. The van der Waals surface area contributed by atoms with E-state index in [1.807, 2.05) is 0 Å². The van der Waals surface area contributed by atoms with Gasteiger partial charge in [0.2, 0.25) is 5.82 Å². The summed E-state index contributed by atoms with van der Waals surface area (Å²) in [5.41, 5.74) is 5.75. The molecule has 7 nitrogen and oxygen atoms in total. The van der Waals surface area contributed by atoms with Crippen molar-refractivity contribution >= 4 is 23.3 Å². The Bertz CT molecular complexity index is 834. The van der Waals surface area contributed by atoms with E-state index in [-0.39, 0.29) is 22.3 Å². The summed E-state index contributed by atoms with van der Waals surface area (Å²) in [5.74, 6) is 0.890. The van der Waals surface area contributed by atoms with Gasteiger partial charge in [0.1, 0.15) is 16.9 Å². The molecule has 2 aromatic rings. The van der Waals surface area contributed by atoms with E-state index in [1.165, 1.54) is 23.1 Å². The minimum atomic E-state index is -0.749. The first-order valence-corrected chi connectivity index (χ1v) is 7.94. The van der Waals surface area contributed by atoms with E-state index >= 15 is 0 Å². The average Bonchev–Trinajstić information content (AvgIpc) is 3.19. The molecule has 1 aromatic heterocycles. The second-order valence-corrected chi connectivity index (χ2v) is 5.94. The first kappa shape index (κ1) is 18.5. The van der Waals surface area contributed by atoms with Crippen LogP contribution in [-0.2, 0) is 4.79 Å². The predicted octanol–water partition coefficient (Wildman–Crippen LogP) is 0.634. The number of halogens is 1. The van der Waals surface area contributed by atoms with E-state index in [4.69, 9.17) is 17.3 Å². The van der Waals surface area contributed by atoms with E-state index in [9.17, 15) is 14.0 Å². The van der Waals surface area contributed by atoms with E-state index in [2.05, 4.69) is 15.3 Å². The summed E-state index contributed by atoms with van der Waals surface area (Å²) in [6, 6.07) is 4.20. The molecule has 3 rings (SSSR count). The second-order valence-electron chi connectivity index (χ2n) is 5.19. The molecule has 3 N–H and O–H groups in total. The lowest BCUT2D eigenvalue weighted by Crippen LogP contribution is -2.24. The van der Waals surface area contributed by atoms with Crippen molar-refractivity contribution in [2.24, 2.45) is 5.73 Å². The Kier molecular flexibility index (Phi) is 5.80. The summed E-state index contributed by atoms with van der Waals surface area (Å²) < 4.78 is 17.3. The molecule has 1 aliphatic rings. The number of nitrogens with zero attached hydrogens (tertiary/aromatic N) is 3. The minimum Gasteiger partial charge on any atom is -0.383 e. The van der Waals surface area contributed by atoms with Gasteiger partial charge in [0, 0.05) is 24.7 Å². The van der Waals surface area contributed by atoms with Crippen LogP contribution < -0.4 is 5.73 Å². The quantitative estimate of drug-likeness (QED) is 0.762. The van der Waals surface area contributed by atoms with E-state index in [0.29, 0.717) is 18.5 Å². The van der Waals surface area contributed by atoms with Crippen molar-refractivity contribution in [1.29, 1.82) is 0 Å². The molecule has 0 saturated carbocycles. The van der Waals surface area contributed by atoms with Crippen molar-refractivity contribution in [1.82, 2.24) is 14.3 Å². The maximum atomic E-state index is 13.6. The fourth-order valence-corrected chi connectivity index (χ4v) is 2.70. The third-order valence-corrected chi connectivity index (χ3v) is 4.16. The van der Waals surface area contributed by atoms with Crippen molar-refractivity contribution in [3.63, 3.8) is 0 Å². The van der Waals surface area contributed by atoms with Crippen LogP contribution in [0.25, 0.3) is 10.6 Å². The number of hydrogen-bond donors (Lipinski definition) is 2. The van der Waals surface area contributed by atoms with Gasteiger partial charge in [-0.25, -0.2) is 9.37 Å². The van der Waals surface area contributed by atoms with Gasteiger partial charge in [0.25, 0.3) is 11.8 Å². The third kappa shape index (κ3) is 4.37. The van der Waals surface area contributed by atoms with Gasteiger partial charge in [-0.1, -0.05) is 5.92 Å². The monoisotopic (exact) mass is 362 g/mol. The maximum absolute atomic E-state index is 13.6. The number of benzene rings is 1. The molecular weight excluding hydrogens is 347 g/mol. The summed E-state index contributed by atoms with van der Waals surface area (Å²) in [6.07, 6.45) is 5.09. The molecule has 1 saturated heterocycles. The van der Waals surface area contributed by atoms with Crippen LogP contribution in [0.5, 0.6) is 0 Å². The van der Waals surface area contributed by atoms with Crippen LogP contribution in [-0.4, -0.2) is 50.9 Å². The molecular formula is C16H15FN4O3S. The lowest BCUT2D eigenvalue weighted by atomic mass is 10.1. The van der Waals surface area contributed by atoms with Crippen LogP contribution >= 0.6 is 11.5 Å². The zero-order valence-corrected chi connectivity index (χ0v) is 14.1. The van der Waals surface area contributed by atoms with Crippen LogP contribution in [0.3, 0.4) is 0 Å². The number of terminal acetylenes is 1. The SMILES string of the molecule is C#Cc1ccc(F)c(-c2nc(C(N)=O)ns2)c1.CN1CC[C@H](O)C1=O. The normalized spacial score (nSPS) is 16.2. The molecule has 0 aliphatic carbocycles. The summed E-state index contributed by atoms with van der Waals surface area (Å²) in [6.45, 7) is 0.694. The molecule has 1 atom stereocenters. The van der Waals surface area contributed by atoms with Crippen LogP contribution in [0.1, 0.15) is 22.6 Å². The lowest BCUT2D eigenvalue weighted by molar-refractivity contribution is -0.133. The van der Waals surface area contributed by atoms with E-state index in [0.717, 1.165) is 11.5 Å². The Balaban J connectivity index is 0.000000236. The number of carbonyl (C=O) groups excluding carboxylic acids is 2. The van der Waals surface area contributed by atoms with Gasteiger partial charge >= 0.3 is 0 Å². The number of rotatable bonds is 2. The Labute approximate surface area is 147 Å². The molecule has 1 aliphatic heterocycles. The van der Waals surface area contributed by atoms with Crippen molar-refractivity contribution in [2.75, 3.05) is 13.6 Å². The number of hydrogen-bond acceptors (Lipinski definition) is 6. The Morgan fingerprint density at radius 2 is 2.28 bits per heavy atom. The van der Waals surface area contributed by atoms with E-state index < -0.39 is 17.8 Å². The molecule has 0 unspecified atom stereocenters. The molecule has 0 spiro atoms. The van der Waals surface area contributed by atoms with Gasteiger partial charge in [0.15, 0.2) is 0 Å². The largest absolute Gasteiger partial charge is 0.383 e. The lowest BCUT2D eigenvalue weighted by Gasteiger charge is -2.04. The molecule has 0 radical (unpaired) electrons. The van der Waals surface area contributed by atoms with Gasteiger partial charge in [-0.2, -0.15) is 4.37 Å². The number of amides is 2. The van der Waals surface area contributed by atoms with Crippen LogP contribution in [0.15, 0.2) is 18.2 Å². The van der Waals surface area contributed by atoms with Gasteiger partial charge in [-0.3, -0.25) is 9.59 Å². The second kappa shape index (κ2) is 7.83. The highest BCUT2D eigenvalue weighted by molar-refractivity contribution is 7.09. The summed E-state index contributed by atoms with van der Waals surface area (Å²) in [7, 11) is 1.69. The number of aliphatic hydroxyl groups excluding tert-OH is 1. The molecule has 25 heavy (non-hydrogen) atoms. The fourth-order valence-electron chi connectivity index (χ4n) is 2.02. The van der Waals surface area contributed by atoms with Gasteiger partial charge in [-0.15, -0.1) is 6.42 Å². The highest BCUT2D eigenvalue weighted by atomic mass is 32.1. The number of primary amides is 1. The molecule has 130 valence electrons. The van der Waals surface area contributed by atoms with Crippen molar-refractivity contribution in [2.45, 2.75) is 12.5 Å². The highest BCUT2D eigenvalue weighted by Crippen LogP contribution is 2.25. The Hall–Kier alpha value is -2.83. The molecule has 1 aromatic carbocycles. The standard InChI is InChI=1S/C11H6FN3OS.C5H9NO2/c1-2-6-3-4-8(12)7(5-6)11-14-10(9(13)16)15-17-11;1-6-3-2-4(7)5(6)8/h1,3-5H,(H2,13,16);4,7H,2-3H2,1H3/t;4-/m.0/s1. The molecule has 0 bridgehead atoms. The van der Waals surface area contributed by atoms with Crippen LogP contribution in [0, 0.1) is 18.2 Å². The summed E-state index contributed by atoms with van der Waals surface area (Å²) >= 11 is 0.894. The third-order valence-electron chi connectivity index (χ3n) is 3.41. The number of aromatic nitrogens is 2. The Morgan fingerprint density at radius 3 is 2.72 bits per heavy atom. The zero-order chi connectivity index (χ0) is 18.6. The number of likely N-dealkylation sites (tertiary alicyclic amines) is 1. The number of likely N-dealkylation sites (N-methyl/N-ethyl adjacent to an activating group) is 1. The van der Waals surface area contributed by atoms with Gasteiger partial charge in [0.05, 0.1) is 0 Å².